The molecule has 35 heavy (non-hydrogen) atoms. The molecule has 0 saturated carbocycles. The zero-order chi connectivity index (χ0) is 24.8. The predicted molar refractivity (Wildman–Crippen MR) is 135 cm³/mol. The van der Waals surface area contributed by atoms with Gasteiger partial charge >= 0.3 is 0 Å². The first-order chi connectivity index (χ1) is 17.0. The summed E-state index contributed by atoms with van der Waals surface area (Å²) >= 11 is 0. The third-order valence-corrected chi connectivity index (χ3v) is 6.14. The minimum Gasteiger partial charge on any atom is -0.497 e. The molecule has 1 amide bonds. The molecule has 1 fully saturated rings. The fourth-order valence-electron chi connectivity index (χ4n) is 4.22. The number of nitrogens with one attached hydrogen (secondary N) is 2. The van der Waals surface area contributed by atoms with Crippen LogP contribution in [0.15, 0.2) is 48.5 Å². The Morgan fingerprint density at radius 2 is 2.00 bits per heavy atom. The lowest BCUT2D eigenvalue weighted by Gasteiger charge is -2.32. The number of nitrogens with two attached hydrogens (primary N) is 1. The molecular formula is C26H27N7O2. The Bertz CT molecular complexity index is 1260. The molecule has 0 atom stereocenters. The highest BCUT2D eigenvalue weighted by atomic mass is 16.5. The second kappa shape index (κ2) is 10.7. The third-order valence-electron chi connectivity index (χ3n) is 6.14. The van der Waals surface area contributed by atoms with Gasteiger partial charge in [-0.25, -0.2) is 9.97 Å². The molecule has 9 nitrogen and oxygen atoms in total. The van der Waals surface area contributed by atoms with Gasteiger partial charge in [-0.1, -0.05) is 12.1 Å². The number of piperidine rings is 1. The number of hydrogen-bond acceptors (Lipinski definition) is 8. The van der Waals surface area contributed by atoms with Gasteiger partial charge in [0.15, 0.2) is 5.82 Å². The van der Waals surface area contributed by atoms with Crippen molar-refractivity contribution in [1.29, 1.82) is 10.7 Å². The maximum atomic E-state index is 12.2. The van der Waals surface area contributed by atoms with Gasteiger partial charge in [0.05, 0.1) is 18.9 Å². The van der Waals surface area contributed by atoms with Crippen LogP contribution in [0.2, 0.25) is 0 Å². The molecule has 0 bridgehead atoms. The van der Waals surface area contributed by atoms with Gasteiger partial charge < -0.3 is 26.1 Å². The summed E-state index contributed by atoms with van der Waals surface area (Å²) in [6.07, 6.45) is 3.63. The molecule has 3 aromatic rings. The van der Waals surface area contributed by atoms with Crippen LogP contribution in [0.3, 0.4) is 0 Å². The molecule has 178 valence electrons. The lowest BCUT2D eigenvalue weighted by atomic mass is 9.94. The number of nitrogens with zero attached hydrogens (tertiary/aromatic N) is 4. The largest absolute Gasteiger partial charge is 0.497 e. The van der Waals surface area contributed by atoms with E-state index in [-0.39, 0.29) is 17.1 Å². The SMILES string of the molecule is COc1cccc(-c2nc(C=N)c(C(N)=O)c(Nc3ccc(N4CCC(CC#N)CC4)cc3)n2)c1. The van der Waals surface area contributed by atoms with Gasteiger partial charge in [0.1, 0.15) is 17.1 Å². The summed E-state index contributed by atoms with van der Waals surface area (Å²) in [5, 5.41) is 19.9. The topological polar surface area (TPSA) is 141 Å². The summed E-state index contributed by atoms with van der Waals surface area (Å²) in [4.78, 5) is 23.5. The monoisotopic (exact) mass is 469 g/mol. The molecule has 0 radical (unpaired) electrons. The Morgan fingerprint density at radius 1 is 1.26 bits per heavy atom. The number of aromatic nitrogens is 2. The van der Waals surface area contributed by atoms with Gasteiger partial charge in [-0.2, -0.15) is 5.26 Å². The molecule has 9 heteroatoms. The first-order valence-corrected chi connectivity index (χ1v) is 11.4. The van der Waals surface area contributed by atoms with Crippen molar-refractivity contribution in [2.45, 2.75) is 19.3 Å². The molecule has 4 N–H and O–H groups in total. The minimum absolute atomic E-state index is 0.0512. The average Bonchev–Trinajstić information content (AvgIpc) is 2.89. The summed E-state index contributed by atoms with van der Waals surface area (Å²) in [6, 6.07) is 17.4. The van der Waals surface area contributed by atoms with Crippen molar-refractivity contribution >= 4 is 29.3 Å². The molecule has 2 heterocycles. The van der Waals surface area contributed by atoms with Gasteiger partial charge in [-0.05, 0) is 55.2 Å². The van der Waals surface area contributed by atoms with Crippen molar-refractivity contribution in [1.82, 2.24) is 9.97 Å². The van der Waals surface area contributed by atoms with Crippen molar-refractivity contribution in [2.24, 2.45) is 11.7 Å². The van der Waals surface area contributed by atoms with Gasteiger partial charge in [0, 0.05) is 42.7 Å². The smallest absolute Gasteiger partial charge is 0.254 e. The summed E-state index contributed by atoms with van der Waals surface area (Å²) in [5.41, 5.74) is 8.31. The van der Waals surface area contributed by atoms with Crippen LogP contribution in [0.5, 0.6) is 5.75 Å². The Kier molecular flexibility index (Phi) is 7.21. The molecular weight excluding hydrogens is 442 g/mol. The summed E-state index contributed by atoms with van der Waals surface area (Å²) < 4.78 is 5.29. The van der Waals surface area contributed by atoms with Crippen LogP contribution >= 0.6 is 0 Å². The van der Waals surface area contributed by atoms with E-state index in [4.69, 9.17) is 21.1 Å². The summed E-state index contributed by atoms with van der Waals surface area (Å²) in [7, 11) is 1.57. The van der Waals surface area contributed by atoms with Crippen LogP contribution < -0.4 is 20.7 Å². The van der Waals surface area contributed by atoms with Crippen LogP contribution in [0.1, 0.15) is 35.3 Å². The number of methoxy groups -OCH3 is 1. The van der Waals surface area contributed by atoms with Crippen LogP contribution in [-0.2, 0) is 0 Å². The molecule has 1 aromatic heterocycles. The standard InChI is InChI=1S/C26H27N7O2/c1-35-21-4-2-3-18(15-21)25-31-22(16-28)23(24(29)34)26(32-25)30-19-5-7-20(8-6-19)33-13-10-17(9-12-27)11-14-33/h2-8,15-17,28H,9-11,13-14H2,1H3,(H2,29,34)(H,30,31,32). The maximum Gasteiger partial charge on any atom is 0.254 e. The van der Waals surface area contributed by atoms with Crippen molar-refractivity contribution in [3.63, 3.8) is 0 Å². The van der Waals surface area contributed by atoms with Crippen LogP contribution in [0.4, 0.5) is 17.2 Å². The molecule has 1 saturated heterocycles. The van der Waals surface area contributed by atoms with E-state index in [0.29, 0.717) is 29.5 Å². The van der Waals surface area contributed by atoms with E-state index in [0.717, 1.165) is 43.5 Å². The molecule has 0 spiro atoms. The highest BCUT2D eigenvalue weighted by molar-refractivity contribution is 6.04. The minimum atomic E-state index is -0.722. The number of hydrogen-bond donors (Lipinski definition) is 3. The second-order valence-corrected chi connectivity index (χ2v) is 8.36. The van der Waals surface area contributed by atoms with E-state index >= 15 is 0 Å². The molecule has 0 unspecified atom stereocenters. The summed E-state index contributed by atoms with van der Waals surface area (Å²) in [6.45, 7) is 1.84. The van der Waals surface area contributed by atoms with Crippen molar-refractivity contribution in [3.05, 3.63) is 59.8 Å². The van der Waals surface area contributed by atoms with E-state index in [1.807, 2.05) is 42.5 Å². The van der Waals surface area contributed by atoms with Gasteiger partial charge in [0.25, 0.3) is 5.91 Å². The number of benzene rings is 2. The number of nitriles is 1. The maximum absolute atomic E-state index is 12.2. The lowest BCUT2D eigenvalue weighted by Crippen LogP contribution is -2.33. The average molecular weight is 470 g/mol. The lowest BCUT2D eigenvalue weighted by molar-refractivity contribution is 0.100. The van der Waals surface area contributed by atoms with Gasteiger partial charge in [0.2, 0.25) is 0 Å². The molecule has 1 aliphatic rings. The number of primary amides is 1. The van der Waals surface area contributed by atoms with Crippen molar-refractivity contribution in [2.75, 3.05) is 30.4 Å². The Labute approximate surface area is 204 Å². The Morgan fingerprint density at radius 3 is 2.63 bits per heavy atom. The fraction of sp³-hybridized carbons (Fsp3) is 0.269. The Hall–Kier alpha value is -4.45. The highest BCUT2D eigenvalue weighted by Gasteiger charge is 2.21. The van der Waals surface area contributed by atoms with Crippen molar-refractivity contribution in [3.8, 4) is 23.2 Å². The normalized spacial score (nSPS) is 13.7. The first kappa shape index (κ1) is 23.7. The summed E-state index contributed by atoms with van der Waals surface area (Å²) in [5.74, 6) is 0.966. The zero-order valence-corrected chi connectivity index (χ0v) is 19.5. The predicted octanol–water partition coefficient (Wildman–Crippen LogP) is 4.12. The van der Waals surface area contributed by atoms with E-state index in [1.165, 1.54) is 0 Å². The number of anilines is 3. The zero-order valence-electron chi connectivity index (χ0n) is 19.5. The number of amides is 1. The quantitative estimate of drug-likeness (QED) is 0.421. The van der Waals surface area contributed by atoms with Gasteiger partial charge in [-0.3, -0.25) is 4.79 Å². The number of carbonyl (C=O) groups is 1. The van der Waals surface area contributed by atoms with Crippen LogP contribution in [-0.4, -0.2) is 42.3 Å². The molecule has 0 aliphatic carbocycles. The van der Waals surface area contributed by atoms with E-state index < -0.39 is 5.91 Å². The van der Waals surface area contributed by atoms with E-state index in [2.05, 4.69) is 26.3 Å². The second-order valence-electron chi connectivity index (χ2n) is 8.36. The van der Waals surface area contributed by atoms with Crippen LogP contribution in [0, 0.1) is 22.7 Å². The van der Waals surface area contributed by atoms with E-state index in [9.17, 15) is 4.79 Å². The number of carbonyl (C=O) groups excluding carboxylic acids is 1. The number of rotatable bonds is 8. The molecule has 4 rings (SSSR count). The van der Waals surface area contributed by atoms with Gasteiger partial charge in [-0.15, -0.1) is 0 Å². The third kappa shape index (κ3) is 5.38. The molecule has 1 aliphatic heterocycles. The fourth-order valence-corrected chi connectivity index (χ4v) is 4.22. The molecule has 2 aromatic carbocycles. The highest BCUT2D eigenvalue weighted by Crippen LogP contribution is 2.29. The number of ether oxygens (including phenoxy) is 1. The Balaban J connectivity index is 1.61. The van der Waals surface area contributed by atoms with E-state index in [1.54, 1.807) is 13.2 Å². The van der Waals surface area contributed by atoms with Crippen molar-refractivity contribution < 1.29 is 9.53 Å². The first-order valence-electron chi connectivity index (χ1n) is 11.4. The van der Waals surface area contributed by atoms with Crippen LogP contribution in [0.25, 0.3) is 11.4 Å².